The molecule has 0 amide bonds. The molecule has 0 saturated carbocycles. The molecule has 4 rings (SSSR count). The van der Waals surface area contributed by atoms with E-state index in [2.05, 4.69) is 32.0 Å². The molecule has 0 unspecified atom stereocenters. The Morgan fingerprint density at radius 1 is 1.08 bits per heavy atom. The summed E-state index contributed by atoms with van der Waals surface area (Å²) >= 11 is 2.02. The van der Waals surface area contributed by atoms with Crippen molar-refractivity contribution in [3.05, 3.63) is 70.8 Å². The predicted molar refractivity (Wildman–Crippen MR) is 106 cm³/mol. The van der Waals surface area contributed by atoms with Crippen molar-refractivity contribution in [2.45, 2.75) is 6.54 Å². The average molecular weight is 364 g/mol. The molecule has 6 heteroatoms. The first-order valence-electron chi connectivity index (χ1n) is 8.69. The molecular weight excluding hydrogens is 344 g/mol. The Kier molecular flexibility index (Phi) is 5.13. The Morgan fingerprint density at radius 3 is 2.62 bits per heavy atom. The number of aromatic amines is 1. The van der Waals surface area contributed by atoms with Crippen LogP contribution in [0.25, 0.3) is 22.6 Å². The Hall–Kier alpha value is -2.44. The molecule has 132 valence electrons. The van der Waals surface area contributed by atoms with Gasteiger partial charge in [-0.05, 0) is 17.7 Å². The van der Waals surface area contributed by atoms with E-state index >= 15 is 0 Å². The van der Waals surface area contributed by atoms with Gasteiger partial charge in [0, 0.05) is 60.7 Å². The summed E-state index contributed by atoms with van der Waals surface area (Å²) in [5, 5.41) is 0. The molecule has 0 bridgehead atoms. The van der Waals surface area contributed by atoms with Gasteiger partial charge < -0.3 is 4.98 Å². The van der Waals surface area contributed by atoms with Crippen molar-refractivity contribution in [1.82, 2.24) is 19.9 Å². The monoisotopic (exact) mass is 364 g/mol. The smallest absolute Gasteiger partial charge is 0.251 e. The summed E-state index contributed by atoms with van der Waals surface area (Å²) in [6.45, 7) is 3.27. The van der Waals surface area contributed by atoms with Gasteiger partial charge in [0.15, 0.2) is 0 Å². The van der Waals surface area contributed by atoms with Gasteiger partial charge in [-0.15, -0.1) is 0 Å². The number of hydrogen-bond donors (Lipinski definition) is 1. The molecule has 1 N–H and O–H groups in total. The second-order valence-electron chi connectivity index (χ2n) is 6.31. The molecule has 2 aromatic heterocycles. The number of nitrogens with zero attached hydrogens (tertiary/aromatic N) is 3. The van der Waals surface area contributed by atoms with E-state index < -0.39 is 0 Å². The highest BCUT2D eigenvalue weighted by atomic mass is 32.2. The van der Waals surface area contributed by atoms with Gasteiger partial charge in [0.2, 0.25) is 0 Å². The van der Waals surface area contributed by atoms with Crippen LogP contribution in [0.15, 0.2) is 59.7 Å². The molecule has 0 aliphatic carbocycles. The largest absolute Gasteiger partial charge is 0.306 e. The molecule has 3 heterocycles. The van der Waals surface area contributed by atoms with Gasteiger partial charge >= 0.3 is 0 Å². The lowest BCUT2D eigenvalue weighted by molar-refractivity contribution is 0.294. The second-order valence-corrected chi connectivity index (χ2v) is 7.53. The SMILES string of the molecule is O=c1cc(-c2cccnc2)nc(-c2ccc(CN3CCSCC3)cc2)[nH]1. The molecule has 0 spiro atoms. The van der Waals surface area contributed by atoms with Gasteiger partial charge in [-0.25, -0.2) is 4.98 Å². The van der Waals surface area contributed by atoms with Gasteiger partial charge in [-0.3, -0.25) is 14.7 Å². The fourth-order valence-electron chi connectivity index (χ4n) is 3.04. The average Bonchev–Trinajstić information content (AvgIpc) is 2.70. The van der Waals surface area contributed by atoms with Crippen LogP contribution in [-0.2, 0) is 6.54 Å². The zero-order valence-electron chi connectivity index (χ0n) is 14.4. The van der Waals surface area contributed by atoms with Crippen LogP contribution in [0.2, 0.25) is 0 Å². The molecule has 0 atom stereocenters. The van der Waals surface area contributed by atoms with E-state index in [0.29, 0.717) is 11.5 Å². The Labute approximate surface area is 156 Å². The van der Waals surface area contributed by atoms with Gasteiger partial charge in [-0.2, -0.15) is 11.8 Å². The van der Waals surface area contributed by atoms with Gasteiger partial charge in [0.05, 0.1) is 5.69 Å². The molecule has 1 fully saturated rings. The van der Waals surface area contributed by atoms with Crippen LogP contribution >= 0.6 is 11.8 Å². The summed E-state index contributed by atoms with van der Waals surface area (Å²) in [4.78, 5) is 26.1. The number of rotatable bonds is 4. The van der Waals surface area contributed by atoms with Crippen molar-refractivity contribution in [2.24, 2.45) is 0 Å². The van der Waals surface area contributed by atoms with Crippen molar-refractivity contribution < 1.29 is 0 Å². The minimum atomic E-state index is -0.163. The molecule has 26 heavy (non-hydrogen) atoms. The Bertz CT molecular complexity index is 919. The van der Waals surface area contributed by atoms with Crippen molar-refractivity contribution >= 4 is 11.8 Å². The maximum Gasteiger partial charge on any atom is 0.251 e. The standard InChI is InChI=1S/C20H20N4OS/c25-19-12-18(17-2-1-7-21-13-17)22-20(23-19)16-5-3-15(4-6-16)14-24-8-10-26-11-9-24/h1-7,12-13H,8-11,14H2,(H,22,23,25). The van der Waals surface area contributed by atoms with Crippen molar-refractivity contribution in [3.8, 4) is 22.6 Å². The predicted octanol–water partition coefficient (Wildman–Crippen LogP) is 3.05. The third-order valence-corrected chi connectivity index (χ3v) is 5.38. The van der Waals surface area contributed by atoms with Crippen molar-refractivity contribution in [1.29, 1.82) is 0 Å². The first kappa shape index (κ1) is 17.0. The normalized spacial score (nSPS) is 15.1. The van der Waals surface area contributed by atoms with E-state index in [1.54, 1.807) is 12.4 Å². The number of thioether (sulfide) groups is 1. The molecular formula is C20H20N4OS. The van der Waals surface area contributed by atoms with Crippen LogP contribution in [0.4, 0.5) is 0 Å². The Balaban J connectivity index is 1.57. The molecule has 1 aromatic carbocycles. The molecule has 5 nitrogen and oxygen atoms in total. The van der Waals surface area contributed by atoms with Crippen molar-refractivity contribution in [2.75, 3.05) is 24.6 Å². The number of benzene rings is 1. The molecule has 0 radical (unpaired) electrons. The van der Waals surface area contributed by atoms with Crippen LogP contribution in [0.3, 0.4) is 0 Å². The highest BCUT2D eigenvalue weighted by Gasteiger charge is 2.11. The van der Waals surface area contributed by atoms with Crippen LogP contribution in [0.5, 0.6) is 0 Å². The van der Waals surface area contributed by atoms with Crippen LogP contribution in [-0.4, -0.2) is 44.4 Å². The number of H-pyrrole nitrogens is 1. The van der Waals surface area contributed by atoms with Gasteiger partial charge in [-0.1, -0.05) is 24.3 Å². The fraction of sp³-hybridized carbons (Fsp3) is 0.250. The van der Waals surface area contributed by atoms with Crippen LogP contribution < -0.4 is 5.56 Å². The minimum absolute atomic E-state index is 0.163. The maximum absolute atomic E-state index is 12.1. The molecule has 3 aromatic rings. The lowest BCUT2D eigenvalue weighted by atomic mass is 10.1. The zero-order valence-corrected chi connectivity index (χ0v) is 15.2. The molecule has 1 saturated heterocycles. The summed E-state index contributed by atoms with van der Waals surface area (Å²) in [6, 6.07) is 13.5. The quantitative estimate of drug-likeness (QED) is 0.771. The lowest BCUT2D eigenvalue weighted by Crippen LogP contribution is -2.31. The van der Waals surface area contributed by atoms with E-state index in [9.17, 15) is 4.79 Å². The minimum Gasteiger partial charge on any atom is -0.306 e. The van der Waals surface area contributed by atoms with E-state index in [0.717, 1.165) is 30.8 Å². The van der Waals surface area contributed by atoms with Gasteiger partial charge in [0.25, 0.3) is 5.56 Å². The zero-order chi connectivity index (χ0) is 17.8. The summed E-state index contributed by atoms with van der Waals surface area (Å²) < 4.78 is 0. The number of pyridine rings is 1. The van der Waals surface area contributed by atoms with E-state index in [1.807, 2.05) is 36.0 Å². The summed E-state index contributed by atoms with van der Waals surface area (Å²) in [7, 11) is 0. The highest BCUT2D eigenvalue weighted by Crippen LogP contribution is 2.20. The Morgan fingerprint density at radius 2 is 1.88 bits per heavy atom. The maximum atomic E-state index is 12.1. The molecule has 1 aliphatic rings. The summed E-state index contributed by atoms with van der Waals surface area (Å²) in [6.07, 6.45) is 3.42. The molecule has 1 aliphatic heterocycles. The van der Waals surface area contributed by atoms with Crippen LogP contribution in [0, 0.1) is 0 Å². The first-order chi connectivity index (χ1) is 12.8. The third-order valence-electron chi connectivity index (χ3n) is 4.44. The second kappa shape index (κ2) is 7.85. The summed E-state index contributed by atoms with van der Waals surface area (Å²) in [5.74, 6) is 3.01. The van der Waals surface area contributed by atoms with E-state index in [-0.39, 0.29) is 5.56 Å². The highest BCUT2D eigenvalue weighted by molar-refractivity contribution is 7.99. The fourth-order valence-corrected chi connectivity index (χ4v) is 4.02. The first-order valence-corrected chi connectivity index (χ1v) is 9.84. The number of hydrogen-bond acceptors (Lipinski definition) is 5. The topological polar surface area (TPSA) is 61.9 Å². The van der Waals surface area contributed by atoms with Gasteiger partial charge in [0.1, 0.15) is 5.82 Å². The number of aromatic nitrogens is 3. The van der Waals surface area contributed by atoms with Crippen molar-refractivity contribution in [3.63, 3.8) is 0 Å². The van der Waals surface area contributed by atoms with E-state index in [1.165, 1.54) is 23.1 Å². The third kappa shape index (κ3) is 4.03. The van der Waals surface area contributed by atoms with E-state index in [4.69, 9.17) is 0 Å². The lowest BCUT2D eigenvalue weighted by Gasteiger charge is -2.26. The van der Waals surface area contributed by atoms with Crippen LogP contribution in [0.1, 0.15) is 5.56 Å². The number of nitrogens with one attached hydrogen (secondary N) is 1. The summed E-state index contributed by atoms with van der Waals surface area (Å²) in [5.41, 5.74) is 3.49.